The van der Waals surface area contributed by atoms with Crippen LogP contribution in [0, 0.1) is 0 Å². The lowest BCUT2D eigenvalue weighted by molar-refractivity contribution is 0.660. The van der Waals surface area contributed by atoms with Crippen molar-refractivity contribution in [3.63, 3.8) is 0 Å². The molecule has 296 valence electrons. The van der Waals surface area contributed by atoms with Gasteiger partial charge in [0.25, 0.3) is 0 Å². The van der Waals surface area contributed by atoms with Crippen LogP contribution in [-0.4, -0.2) is 9.97 Å². The zero-order chi connectivity index (χ0) is 42.1. The average Bonchev–Trinajstić information content (AvgIpc) is 3.58. The van der Waals surface area contributed by atoms with E-state index in [9.17, 15) is 0 Å². The van der Waals surface area contributed by atoms with Crippen LogP contribution in [0.2, 0.25) is 0 Å². The predicted molar refractivity (Wildman–Crippen MR) is 265 cm³/mol. The van der Waals surface area contributed by atoms with Crippen LogP contribution in [0.15, 0.2) is 218 Å². The molecule has 1 aromatic heterocycles. The molecule has 0 N–H and O–H groups in total. The van der Waals surface area contributed by atoms with Crippen molar-refractivity contribution in [1.82, 2.24) is 9.97 Å². The molecule has 0 aliphatic heterocycles. The van der Waals surface area contributed by atoms with Gasteiger partial charge in [0.2, 0.25) is 0 Å². The maximum atomic E-state index is 5.28. The van der Waals surface area contributed by atoms with E-state index in [1.54, 1.807) is 0 Å². The van der Waals surface area contributed by atoms with Crippen LogP contribution in [0.4, 0.5) is 0 Å². The molecule has 1 heterocycles. The minimum atomic E-state index is -0.0618. The highest BCUT2D eigenvalue weighted by atomic mass is 14.9. The first-order valence-electron chi connectivity index (χ1n) is 21.8. The Balaban J connectivity index is 0.960. The van der Waals surface area contributed by atoms with E-state index in [4.69, 9.17) is 9.97 Å². The van der Waals surface area contributed by atoms with Crippen molar-refractivity contribution in [3.05, 3.63) is 230 Å². The zero-order valence-electron chi connectivity index (χ0n) is 35.2. The molecule has 11 aromatic rings. The molecule has 0 saturated carbocycles. The van der Waals surface area contributed by atoms with E-state index < -0.39 is 0 Å². The lowest BCUT2D eigenvalue weighted by Gasteiger charge is -2.22. The Kier molecular flexibility index (Phi) is 8.55. The van der Waals surface area contributed by atoms with Crippen LogP contribution in [0.5, 0.6) is 0 Å². The first-order valence-corrected chi connectivity index (χ1v) is 21.8. The van der Waals surface area contributed by atoms with Gasteiger partial charge in [0.1, 0.15) is 0 Å². The Bertz CT molecular complexity index is 3580. The van der Waals surface area contributed by atoms with Crippen LogP contribution in [0.25, 0.3) is 111 Å². The topological polar surface area (TPSA) is 25.8 Å². The van der Waals surface area contributed by atoms with Crippen molar-refractivity contribution < 1.29 is 0 Å². The molecule has 0 amide bonds. The van der Waals surface area contributed by atoms with E-state index in [-0.39, 0.29) is 5.41 Å². The third-order valence-corrected chi connectivity index (χ3v) is 13.3. The Morgan fingerprint density at radius 1 is 0.286 bits per heavy atom. The molecule has 10 aromatic carbocycles. The van der Waals surface area contributed by atoms with Gasteiger partial charge in [-0.25, -0.2) is 9.97 Å². The first-order chi connectivity index (χ1) is 31.0. The van der Waals surface area contributed by atoms with Gasteiger partial charge < -0.3 is 0 Å². The third kappa shape index (κ3) is 6.17. The molecule has 0 spiro atoms. The second-order valence-corrected chi connectivity index (χ2v) is 17.3. The maximum Gasteiger partial charge on any atom is 0.160 e. The molecule has 2 nitrogen and oxygen atoms in total. The van der Waals surface area contributed by atoms with Gasteiger partial charge >= 0.3 is 0 Å². The lowest BCUT2D eigenvalue weighted by Crippen LogP contribution is -2.14. The van der Waals surface area contributed by atoms with Crippen LogP contribution in [-0.2, 0) is 5.41 Å². The normalized spacial score (nSPS) is 12.7. The number of benzene rings is 10. The summed E-state index contributed by atoms with van der Waals surface area (Å²) in [6, 6.07) is 79.2. The Morgan fingerprint density at radius 3 is 1.54 bits per heavy atom. The molecule has 1 aliphatic carbocycles. The molecule has 0 radical (unpaired) electrons. The largest absolute Gasteiger partial charge is 0.228 e. The van der Waals surface area contributed by atoms with Gasteiger partial charge in [-0.2, -0.15) is 0 Å². The van der Waals surface area contributed by atoms with Crippen molar-refractivity contribution in [2.24, 2.45) is 0 Å². The minimum Gasteiger partial charge on any atom is -0.228 e. The van der Waals surface area contributed by atoms with Crippen LogP contribution < -0.4 is 0 Å². The molecular formula is C61H42N2. The van der Waals surface area contributed by atoms with Crippen LogP contribution in [0.1, 0.15) is 25.0 Å². The van der Waals surface area contributed by atoms with Gasteiger partial charge in [-0.1, -0.05) is 214 Å². The van der Waals surface area contributed by atoms with Crippen molar-refractivity contribution in [2.75, 3.05) is 0 Å². The van der Waals surface area contributed by atoms with E-state index in [1.807, 2.05) is 18.2 Å². The summed E-state index contributed by atoms with van der Waals surface area (Å²) in [6.45, 7) is 4.71. The molecule has 0 bridgehead atoms. The highest BCUT2D eigenvalue weighted by Gasteiger charge is 2.35. The number of aromatic nitrogens is 2. The van der Waals surface area contributed by atoms with Gasteiger partial charge in [-0.3, -0.25) is 0 Å². The number of hydrogen-bond donors (Lipinski definition) is 0. The highest BCUT2D eigenvalue weighted by molar-refractivity contribution is 6.12. The smallest absolute Gasteiger partial charge is 0.160 e. The second-order valence-electron chi connectivity index (χ2n) is 17.3. The fraction of sp³-hybridized carbons (Fsp3) is 0.0492. The quantitative estimate of drug-likeness (QED) is 0.167. The fourth-order valence-electron chi connectivity index (χ4n) is 10.1. The van der Waals surface area contributed by atoms with E-state index in [0.29, 0.717) is 5.82 Å². The number of hydrogen-bond acceptors (Lipinski definition) is 2. The molecule has 63 heavy (non-hydrogen) atoms. The van der Waals surface area contributed by atoms with Crippen LogP contribution >= 0.6 is 0 Å². The summed E-state index contributed by atoms with van der Waals surface area (Å²) in [6.07, 6.45) is 0. The van der Waals surface area contributed by atoms with E-state index in [2.05, 4.69) is 214 Å². The Labute approximate surface area is 367 Å². The zero-order valence-corrected chi connectivity index (χ0v) is 35.2. The molecule has 0 saturated heterocycles. The van der Waals surface area contributed by atoms with Gasteiger partial charge in [0.05, 0.1) is 11.4 Å². The molecule has 0 fully saturated rings. The molecular weight excluding hydrogens is 761 g/mol. The number of nitrogens with zero attached hydrogens (tertiary/aromatic N) is 2. The van der Waals surface area contributed by atoms with Crippen molar-refractivity contribution in [3.8, 4) is 78.4 Å². The SMILES string of the molecule is CC1(C)c2ccccc2-c2ccc(-c3ccc(-c4ccc(-c5cc(-c6ccc(-c7ccc8ccccc8c7)cc6)nc(-c6ccccc6)n5)c5ccccc45)c4ccccc34)cc21. The third-order valence-electron chi connectivity index (χ3n) is 13.3. The molecule has 12 rings (SSSR count). The van der Waals surface area contributed by atoms with Gasteiger partial charge in [-0.15, -0.1) is 0 Å². The maximum absolute atomic E-state index is 5.28. The van der Waals surface area contributed by atoms with Crippen molar-refractivity contribution >= 4 is 32.3 Å². The predicted octanol–water partition coefficient (Wildman–Crippen LogP) is 16.2. The monoisotopic (exact) mass is 802 g/mol. The van der Waals surface area contributed by atoms with Gasteiger partial charge in [0, 0.05) is 22.1 Å². The van der Waals surface area contributed by atoms with Gasteiger partial charge in [-0.05, 0) is 106 Å². The Hall–Kier alpha value is -7.94. The summed E-state index contributed by atoms with van der Waals surface area (Å²) in [7, 11) is 0. The first kappa shape index (κ1) is 36.9. The summed E-state index contributed by atoms with van der Waals surface area (Å²) < 4.78 is 0. The summed E-state index contributed by atoms with van der Waals surface area (Å²) in [5.74, 6) is 0.704. The average molecular weight is 803 g/mol. The standard InChI is InChI=1S/C61H42N2/c1-61(2)56-23-13-12-22-53(56)54-31-30-45(37-57(54)61)46-32-33-51(48-19-9-8-18-47(46)48)52-34-35-55(50-21-11-10-20-49(50)52)59-38-58(62-60(63-59)42-15-4-3-5-16-42)41-27-24-40(25-28-41)44-29-26-39-14-6-7-17-43(39)36-44/h3-38H,1-2H3. The van der Waals surface area contributed by atoms with Crippen LogP contribution in [0.3, 0.4) is 0 Å². The fourth-order valence-corrected chi connectivity index (χ4v) is 10.1. The second kappa shape index (κ2) is 14.6. The molecule has 1 aliphatic rings. The molecule has 0 unspecified atom stereocenters. The van der Waals surface area contributed by atoms with E-state index >= 15 is 0 Å². The summed E-state index contributed by atoms with van der Waals surface area (Å²) in [5, 5.41) is 7.30. The molecule has 2 heteroatoms. The summed E-state index contributed by atoms with van der Waals surface area (Å²) in [4.78, 5) is 10.5. The lowest BCUT2D eigenvalue weighted by atomic mass is 9.81. The summed E-state index contributed by atoms with van der Waals surface area (Å²) >= 11 is 0. The Morgan fingerprint density at radius 2 is 0.794 bits per heavy atom. The van der Waals surface area contributed by atoms with E-state index in [0.717, 1.165) is 33.5 Å². The van der Waals surface area contributed by atoms with E-state index in [1.165, 1.54) is 82.6 Å². The van der Waals surface area contributed by atoms with Crippen molar-refractivity contribution in [2.45, 2.75) is 19.3 Å². The number of fused-ring (bicyclic) bond motifs is 6. The summed E-state index contributed by atoms with van der Waals surface area (Å²) in [5.41, 5.74) is 17.6. The number of rotatable bonds is 6. The van der Waals surface area contributed by atoms with Crippen molar-refractivity contribution in [1.29, 1.82) is 0 Å². The highest BCUT2D eigenvalue weighted by Crippen LogP contribution is 2.50. The minimum absolute atomic E-state index is 0.0618. The van der Waals surface area contributed by atoms with Gasteiger partial charge in [0.15, 0.2) is 5.82 Å². The molecule has 0 atom stereocenters.